The summed E-state index contributed by atoms with van der Waals surface area (Å²) in [6, 6.07) is 15.1. The lowest BCUT2D eigenvalue weighted by atomic mass is 10.2. The molecular weight excluding hydrogens is 418 g/mol. The van der Waals surface area contributed by atoms with Crippen molar-refractivity contribution in [3.63, 3.8) is 0 Å². The molecule has 0 unspecified atom stereocenters. The van der Waals surface area contributed by atoms with Gasteiger partial charge in [-0.25, -0.2) is 9.78 Å². The van der Waals surface area contributed by atoms with Gasteiger partial charge in [0, 0.05) is 42.3 Å². The number of halogens is 2. The molecule has 0 aliphatic heterocycles. The highest BCUT2D eigenvalue weighted by atomic mass is 19.3. The molecule has 1 aromatic heterocycles. The smallest absolute Gasteiger partial charge is 0.387 e. The van der Waals surface area contributed by atoms with Gasteiger partial charge in [0.15, 0.2) is 0 Å². The number of ether oxygens (including phenoxy) is 1. The number of amides is 2. The number of aromatic nitrogens is 2. The second kappa shape index (κ2) is 10.9. The fraction of sp³-hybridized carbons (Fsp3) is 0.227. The minimum atomic E-state index is -2.93. The molecule has 0 radical (unpaired) electrons. The molecular formula is C22H24F2N6O2. The molecule has 3 rings (SSSR count). The predicted octanol–water partition coefficient (Wildman–Crippen LogP) is 4.67. The third kappa shape index (κ3) is 7.38. The van der Waals surface area contributed by atoms with Crippen molar-refractivity contribution in [2.45, 2.75) is 20.5 Å². The van der Waals surface area contributed by atoms with Gasteiger partial charge < -0.3 is 26.0 Å². The number of carbonyl (C=O) groups is 1. The predicted molar refractivity (Wildman–Crippen MR) is 120 cm³/mol. The molecule has 32 heavy (non-hydrogen) atoms. The minimum Gasteiger partial charge on any atom is -0.435 e. The van der Waals surface area contributed by atoms with Crippen LogP contribution in [0.2, 0.25) is 0 Å². The van der Waals surface area contributed by atoms with Crippen LogP contribution in [0.25, 0.3) is 0 Å². The van der Waals surface area contributed by atoms with E-state index in [4.69, 9.17) is 0 Å². The first-order valence-electron chi connectivity index (χ1n) is 9.90. The Morgan fingerprint density at radius 3 is 2.53 bits per heavy atom. The van der Waals surface area contributed by atoms with Crippen LogP contribution in [0, 0.1) is 13.8 Å². The average Bonchev–Trinajstić information content (AvgIpc) is 2.72. The van der Waals surface area contributed by atoms with Gasteiger partial charge >= 0.3 is 12.6 Å². The Morgan fingerprint density at radius 2 is 1.78 bits per heavy atom. The number of urea groups is 1. The lowest BCUT2D eigenvalue weighted by Crippen LogP contribution is -2.32. The van der Waals surface area contributed by atoms with E-state index in [1.807, 2.05) is 44.2 Å². The van der Waals surface area contributed by atoms with Gasteiger partial charge in [-0.1, -0.05) is 23.8 Å². The van der Waals surface area contributed by atoms with Crippen molar-refractivity contribution in [3.05, 3.63) is 65.9 Å². The SMILES string of the molecule is Cc1ccc(Nc2cc(C)nc(NCCNC(=O)Nc3cccc(OC(F)F)c3)n2)cc1. The molecule has 2 amide bonds. The molecule has 0 saturated heterocycles. The van der Waals surface area contributed by atoms with Gasteiger partial charge in [-0.05, 0) is 38.1 Å². The molecule has 2 aromatic carbocycles. The monoisotopic (exact) mass is 442 g/mol. The number of alkyl halides is 2. The maximum absolute atomic E-state index is 12.3. The third-order valence-electron chi connectivity index (χ3n) is 4.19. The van der Waals surface area contributed by atoms with Crippen LogP contribution in [-0.4, -0.2) is 35.7 Å². The molecule has 0 saturated carbocycles. The highest BCUT2D eigenvalue weighted by Crippen LogP contribution is 2.19. The van der Waals surface area contributed by atoms with Crippen molar-refractivity contribution >= 4 is 29.2 Å². The minimum absolute atomic E-state index is 0.0360. The Balaban J connectivity index is 1.46. The first-order valence-corrected chi connectivity index (χ1v) is 9.90. The molecule has 8 nitrogen and oxygen atoms in total. The van der Waals surface area contributed by atoms with E-state index in [0.29, 0.717) is 24.0 Å². The van der Waals surface area contributed by atoms with Gasteiger partial charge in [-0.3, -0.25) is 0 Å². The molecule has 1 heterocycles. The van der Waals surface area contributed by atoms with Crippen LogP contribution >= 0.6 is 0 Å². The second-order valence-corrected chi connectivity index (χ2v) is 6.92. The van der Waals surface area contributed by atoms with Crippen LogP contribution in [0.1, 0.15) is 11.3 Å². The Morgan fingerprint density at radius 1 is 1.00 bits per heavy atom. The molecule has 0 fully saturated rings. The van der Waals surface area contributed by atoms with Gasteiger partial charge in [-0.2, -0.15) is 13.8 Å². The number of hydrogen-bond donors (Lipinski definition) is 4. The Bertz CT molecular complexity index is 1050. The largest absolute Gasteiger partial charge is 0.435 e. The molecule has 168 valence electrons. The third-order valence-corrected chi connectivity index (χ3v) is 4.19. The van der Waals surface area contributed by atoms with Gasteiger partial charge in [0.25, 0.3) is 0 Å². The first-order chi connectivity index (χ1) is 15.4. The Hall–Kier alpha value is -3.95. The fourth-order valence-corrected chi connectivity index (χ4v) is 2.77. The lowest BCUT2D eigenvalue weighted by Gasteiger charge is -2.11. The number of benzene rings is 2. The van der Waals surface area contributed by atoms with Gasteiger partial charge in [-0.15, -0.1) is 0 Å². The van der Waals surface area contributed by atoms with E-state index in [2.05, 4.69) is 36.0 Å². The molecule has 10 heteroatoms. The highest BCUT2D eigenvalue weighted by Gasteiger charge is 2.07. The summed E-state index contributed by atoms with van der Waals surface area (Å²) in [5.74, 6) is 1.05. The summed E-state index contributed by atoms with van der Waals surface area (Å²) in [5, 5.41) is 11.5. The van der Waals surface area contributed by atoms with E-state index >= 15 is 0 Å². The fourth-order valence-electron chi connectivity index (χ4n) is 2.77. The standard InChI is InChI=1S/C22H24F2N6O2/c1-14-6-8-16(9-7-14)28-19-12-15(2)27-21(30-19)25-10-11-26-22(31)29-17-4-3-5-18(13-17)32-20(23)24/h3-9,12-13,20H,10-11H2,1-2H3,(H2,26,29,31)(H2,25,27,28,30). The van der Waals surface area contributed by atoms with E-state index in [9.17, 15) is 13.6 Å². The van der Waals surface area contributed by atoms with Crippen molar-refractivity contribution in [3.8, 4) is 5.75 Å². The van der Waals surface area contributed by atoms with E-state index in [-0.39, 0.29) is 12.3 Å². The zero-order chi connectivity index (χ0) is 22.9. The van der Waals surface area contributed by atoms with E-state index in [1.54, 1.807) is 6.07 Å². The maximum atomic E-state index is 12.3. The van der Waals surface area contributed by atoms with Crippen LogP contribution in [0.4, 0.5) is 36.7 Å². The second-order valence-electron chi connectivity index (χ2n) is 6.92. The van der Waals surface area contributed by atoms with Crippen molar-refractivity contribution in [2.24, 2.45) is 0 Å². The number of aryl methyl sites for hydroxylation is 2. The number of hydrogen-bond acceptors (Lipinski definition) is 6. The summed E-state index contributed by atoms with van der Waals surface area (Å²) >= 11 is 0. The van der Waals surface area contributed by atoms with Crippen molar-refractivity contribution in [1.29, 1.82) is 0 Å². The lowest BCUT2D eigenvalue weighted by molar-refractivity contribution is -0.0498. The van der Waals surface area contributed by atoms with Gasteiger partial charge in [0.1, 0.15) is 11.6 Å². The van der Waals surface area contributed by atoms with Crippen LogP contribution < -0.4 is 26.0 Å². The topological polar surface area (TPSA) is 100 Å². The number of anilines is 4. The molecule has 0 aliphatic rings. The van der Waals surface area contributed by atoms with E-state index < -0.39 is 12.6 Å². The number of nitrogens with zero attached hydrogens (tertiary/aromatic N) is 2. The quantitative estimate of drug-likeness (QED) is 0.359. The summed E-state index contributed by atoms with van der Waals surface area (Å²) in [6.45, 7) is 1.63. The summed E-state index contributed by atoms with van der Waals surface area (Å²) in [5.41, 5.74) is 3.21. The van der Waals surface area contributed by atoms with Crippen molar-refractivity contribution in [2.75, 3.05) is 29.0 Å². The zero-order valence-electron chi connectivity index (χ0n) is 17.7. The van der Waals surface area contributed by atoms with Crippen LogP contribution in [0.3, 0.4) is 0 Å². The van der Waals surface area contributed by atoms with Crippen LogP contribution in [-0.2, 0) is 0 Å². The summed E-state index contributed by atoms with van der Waals surface area (Å²) in [4.78, 5) is 20.8. The Kier molecular flexibility index (Phi) is 7.74. The molecule has 4 N–H and O–H groups in total. The zero-order valence-corrected chi connectivity index (χ0v) is 17.7. The summed E-state index contributed by atoms with van der Waals surface area (Å²) in [6.07, 6.45) is 0. The molecule has 0 aliphatic carbocycles. The van der Waals surface area contributed by atoms with Gasteiger partial charge in [0.2, 0.25) is 5.95 Å². The molecule has 0 spiro atoms. The van der Waals surface area contributed by atoms with Crippen LogP contribution in [0.5, 0.6) is 5.75 Å². The van der Waals surface area contributed by atoms with Crippen LogP contribution in [0.15, 0.2) is 54.6 Å². The number of rotatable bonds is 9. The molecule has 3 aromatic rings. The molecule has 0 bridgehead atoms. The van der Waals surface area contributed by atoms with Crippen molar-refractivity contribution in [1.82, 2.24) is 15.3 Å². The van der Waals surface area contributed by atoms with E-state index in [0.717, 1.165) is 11.4 Å². The number of nitrogens with one attached hydrogen (secondary N) is 4. The summed E-state index contributed by atoms with van der Waals surface area (Å²) in [7, 11) is 0. The van der Waals surface area contributed by atoms with Crippen molar-refractivity contribution < 1.29 is 18.3 Å². The van der Waals surface area contributed by atoms with Gasteiger partial charge in [0.05, 0.1) is 0 Å². The van der Waals surface area contributed by atoms with E-state index in [1.165, 1.54) is 23.8 Å². The number of carbonyl (C=O) groups excluding carboxylic acids is 1. The highest BCUT2D eigenvalue weighted by molar-refractivity contribution is 5.89. The summed E-state index contributed by atoms with van der Waals surface area (Å²) < 4.78 is 28.9. The molecule has 0 atom stereocenters. The first kappa shape index (κ1) is 22.7. The Labute approximate surface area is 184 Å². The maximum Gasteiger partial charge on any atom is 0.387 e. The normalized spacial score (nSPS) is 10.5. The average molecular weight is 442 g/mol.